The summed E-state index contributed by atoms with van der Waals surface area (Å²) in [5, 5.41) is 4.29. The average molecular weight is 329 g/mol. The summed E-state index contributed by atoms with van der Waals surface area (Å²) in [4.78, 5) is 15.8. The standard InChI is InChI=1S/C12H9ClN2OS3/c1-2-15-7-5-6(13)3-4-8(7)18-11(15)9-10(16)14-12(17)19-9/h3-5H,2H2,1H3,(H,14,16,17)/b11-9-. The van der Waals surface area contributed by atoms with E-state index in [4.69, 9.17) is 23.8 Å². The highest BCUT2D eigenvalue weighted by Gasteiger charge is 2.33. The average Bonchev–Trinajstić information content (AvgIpc) is 2.88. The molecule has 1 aromatic rings. The lowest BCUT2D eigenvalue weighted by molar-refractivity contribution is -0.115. The number of nitrogens with one attached hydrogen (secondary N) is 1. The van der Waals surface area contributed by atoms with Crippen LogP contribution in [0.2, 0.25) is 5.02 Å². The monoisotopic (exact) mass is 328 g/mol. The normalized spacial score (nSPS) is 21.9. The molecule has 1 saturated heterocycles. The van der Waals surface area contributed by atoms with Crippen molar-refractivity contribution in [1.82, 2.24) is 5.32 Å². The molecule has 2 aliphatic rings. The van der Waals surface area contributed by atoms with Gasteiger partial charge in [0.1, 0.15) is 14.3 Å². The smallest absolute Gasteiger partial charge is 0.266 e. The van der Waals surface area contributed by atoms with E-state index in [-0.39, 0.29) is 5.91 Å². The fraction of sp³-hybridized carbons (Fsp3) is 0.167. The van der Waals surface area contributed by atoms with Gasteiger partial charge in [-0.1, -0.05) is 47.3 Å². The Balaban J connectivity index is 2.09. The number of amides is 1. The van der Waals surface area contributed by atoms with Crippen LogP contribution in [0.5, 0.6) is 0 Å². The van der Waals surface area contributed by atoms with Crippen molar-refractivity contribution in [3.63, 3.8) is 0 Å². The van der Waals surface area contributed by atoms with Crippen LogP contribution in [-0.2, 0) is 4.79 Å². The van der Waals surface area contributed by atoms with Gasteiger partial charge in [0.2, 0.25) is 0 Å². The number of thiocarbonyl (C=S) groups is 1. The number of rotatable bonds is 1. The fourth-order valence-electron chi connectivity index (χ4n) is 1.99. The van der Waals surface area contributed by atoms with Crippen LogP contribution in [0.4, 0.5) is 5.69 Å². The Morgan fingerprint density at radius 1 is 1.42 bits per heavy atom. The van der Waals surface area contributed by atoms with E-state index in [0.717, 1.165) is 22.2 Å². The van der Waals surface area contributed by atoms with Crippen LogP contribution >= 0.6 is 47.3 Å². The van der Waals surface area contributed by atoms with E-state index >= 15 is 0 Å². The molecule has 0 bridgehead atoms. The van der Waals surface area contributed by atoms with E-state index in [1.165, 1.54) is 11.8 Å². The van der Waals surface area contributed by atoms with Crippen molar-refractivity contribution in [2.24, 2.45) is 0 Å². The molecule has 1 amide bonds. The highest BCUT2D eigenvalue weighted by molar-refractivity contribution is 8.27. The van der Waals surface area contributed by atoms with Gasteiger partial charge in [-0.15, -0.1) is 0 Å². The van der Waals surface area contributed by atoms with E-state index in [1.54, 1.807) is 11.8 Å². The Morgan fingerprint density at radius 2 is 2.21 bits per heavy atom. The Labute approximate surface area is 129 Å². The third-order valence-corrected chi connectivity index (χ3v) is 5.56. The summed E-state index contributed by atoms with van der Waals surface area (Å²) in [7, 11) is 0. The molecule has 0 atom stereocenters. The number of benzene rings is 1. The first-order chi connectivity index (χ1) is 9.10. The van der Waals surface area contributed by atoms with Gasteiger partial charge >= 0.3 is 0 Å². The van der Waals surface area contributed by atoms with Gasteiger partial charge in [0.25, 0.3) is 5.91 Å². The van der Waals surface area contributed by atoms with Crippen molar-refractivity contribution in [2.75, 3.05) is 11.4 Å². The summed E-state index contributed by atoms with van der Waals surface area (Å²) in [6, 6.07) is 5.77. The molecule has 2 aliphatic heterocycles. The molecule has 0 unspecified atom stereocenters. The number of carbonyl (C=O) groups excluding carboxylic acids is 1. The van der Waals surface area contributed by atoms with Gasteiger partial charge in [-0.2, -0.15) is 0 Å². The molecule has 98 valence electrons. The molecule has 1 fully saturated rings. The Morgan fingerprint density at radius 3 is 2.84 bits per heavy atom. The van der Waals surface area contributed by atoms with Crippen molar-refractivity contribution < 1.29 is 4.79 Å². The Hall–Kier alpha value is -0.690. The van der Waals surface area contributed by atoms with Crippen LogP contribution < -0.4 is 10.2 Å². The van der Waals surface area contributed by atoms with Crippen molar-refractivity contribution in [2.45, 2.75) is 11.8 Å². The van der Waals surface area contributed by atoms with E-state index < -0.39 is 0 Å². The molecule has 0 aromatic heterocycles. The molecule has 0 radical (unpaired) electrons. The maximum atomic E-state index is 11.9. The molecule has 3 nitrogen and oxygen atoms in total. The number of thioether (sulfide) groups is 2. The van der Waals surface area contributed by atoms with Crippen molar-refractivity contribution >= 4 is 63.3 Å². The van der Waals surface area contributed by atoms with Crippen LogP contribution in [0, 0.1) is 0 Å². The first kappa shape index (κ1) is 13.3. The second-order valence-corrected chi connectivity index (χ2v) is 7.09. The molecular formula is C12H9ClN2OS3. The van der Waals surface area contributed by atoms with Gasteiger partial charge in [-0.3, -0.25) is 4.79 Å². The zero-order valence-electron chi connectivity index (χ0n) is 9.90. The second-order valence-electron chi connectivity index (χ2n) is 3.94. The molecule has 7 heteroatoms. The number of carbonyl (C=O) groups is 1. The van der Waals surface area contributed by atoms with E-state index in [0.29, 0.717) is 14.2 Å². The largest absolute Gasteiger partial charge is 0.334 e. The highest BCUT2D eigenvalue weighted by Crippen LogP contribution is 2.50. The number of hydrogen-bond acceptors (Lipinski definition) is 5. The zero-order valence-corrected chi connectivity index (χ0v) is 13.1. The third-order valence-electron chi connectivity index (χ3n) is 2.79. The molecule has 0 saturated carbocycles. The van der Waals surface area contributed by atoms with E-state index in [1.807, 2.05) is 25.1 Å². The highest BCUT2D eigenvalue weighted by atomic mass is 35.5. The van der Waals surface area contributed by atoms with Crippen LogP contribution in [0.3, 0.4) is 0 Å². The molecule has 1 N–H and O–H groups in total. The van der Waals surface area contributed by atoms with Gasteiger partial charge in [-0.25, -0.2) is 0 Å². The first-order valence-corrected chi connectivity index (χ1v) is 8.04. The topological polar surface area (TPSA) is 32.3 Å². The minimum absolute atomic E-state index is 0.116. The van der Waals surface area contributed by atoms with Gasteiger partial charge in [0, 0.05) is 16.5 Å². The third kappa shape index (κ3) is 2.27. The predicted octanol–water partition coefficient (Wildman–Crippen LogP) is 3.59. The number of hydrogen-bond donors (Lipinski definition) is 1. The zero-order chi connectivity index (χ0) is 13.6. The van der Waals surface area contributed by atoms with Crippen molar-refractivity contribution in [3.8, 4) is 0 Å². The van der Waals surface area contributed by atoms with Gasteiger partial charge < -0.3 is 10.2 Å². The summed E-state index contributed by atoms with van der Waals surface area (Å²) in [5.74, 6) is -0.116. The maximum Gasteiger partial charge on any atom is 0.266 e. The number of fused-ring (bicyclic) bond motifs is 1. The van der Waals surface area contributed by atoms with E-state index in [2.05, 4.69) is 10.2 Å². The molecule has 1 aromatic carbocycles. The second kappa shape index (κ2) is 5.01. The minimum Gasteiger partial charge on any atom is -0.334 e. The van der Waals surface area contributed by atoms with Crippen LogP contribution in [0.1, 0.15) is 6.92 Å². The summed E-state index contributed by atoms with van der Waals surface area (Å²) >= 11 is 14.0. The molecule has 0 aliphatic carbocycles. The quantitative estimate of drug-likeness (QED) is 0.629. The van der Waals surface area contributed by atoms with Crippen LogP contribution in [0.15, 0.2) is 33.0 Å². The lowest BCUT2D eigenvalue weighted by Crippen LogP contribution is -2.22. The fourth-order valence-corrected chi connectivity index (χ4v) is 4.56. The first-order valence-electron chi connectivity index (χ1n) is 5.62. The van der Waals surface area contributed by atoms with Gasteiger partial charge in [0.05, 0.1) is 5.69 Å². The molecule has 3 rings (SSSR count). The molecule has 19 heavy (non-hydrogen) atoms. The minimum atomic E-state index is -0.116. The summed E-state index contributed by atoms with van der Waals surface area (Å²) in [5.41, 5.74) is 1.05. The van der Waals surface area contributed by atoms with Crippen LogP contribution in [0.25, 0.3) is 0 Å². The lowest BCUT2D eigenvalue weighted by atomic mass is 10.3. The van der Waals surface area contributed by atoms with Crippen molar-refractivity contribution in [1.29, 1.82) is 0 Å². The van der Waals surface area contributed by atoms with Gasteiger partial charge in [-0.05, 0) is 25.1 Å². The number of anilines is 1. The summed E-state index contributed by atoms with van der Waals surface area (Å²) < 4.78 is 0.512. The number of halogens is 1. The summed E-state index contributed by atoms with van der Waals surface area (Å²) in [6.45, 7) is 2.83. The van der Waals surface area contributed by atoms with Crippen LogP contribution in [-0.4, -0.2) is 16.8 Å². The Bertz CT molecular complexity index is 629. The maximum absolute atomic E-state index is 11.9. The molecule has 0 spiro atoms. The van der Waals surface area contributed by atoms with Crippen molar-refractivity contribution in [3.05, 3.63) is 33.2 Å². The van der Waals surface area contributed by atoms with Gasteiger partial charge in [0.15, 0.2) is 0 Å². The SMILES string of the molecule is CCN1/C(=C2/SC(=S)NC2=O)Sc2ccc(Cl)cc21. The van der Waals surface area contributed by atoms with E-state index in [9.17, 15) is 4.79 Å². The predicted molar refractivity (Wildman–Crippen MR) is 85.7 cm³/mol. The Kier molecular flexibility index (Phi) is 3.51. The molecule has 2 heterocycles. The summed E-state index contributed by atoms with van der Waals surface area (Å²) in [6.07, 6.45) is 0. The number of nitrogens with zero attached hydrogens (tertiary/aromatic N) is 1. The molecular weight excluding hydrogens is 320 g/mol. The lowest BCUT2D eigenvalue weighted by Gasteiger charge is -2.18.